The van der Waals surface area contributed by atoms with Crippen LogP contribution in [0.4, 0.5) is 0 Å². The van der Waals surface area contributed by atoms with Gasteiger partial charge in [-0.25, -0.2) is 4.98 Å². The first-order valence-corrected chi connectivity index (χ1v) is 4.72. The molecule has 0 radical (unpaired) electrons. The highest BCUT2D eigenvalue weighted by Crippen LogP contribution is 2.59. The van der Waals surface area contributed by atoms with Gasteiger partial charge in [0, 0.05) is 12.5 Å². The van der Waals surface area contributed by atoms with Crippen LogP contribution in [0.5, 0.6) is 0 Å². The molecule has 1 N–H and O–H groups in total. The number of hydrogen-bond donors (Lipinski definition) is 1. The third-order valence-electron chi connectivity index (χ3n) is 2.85. The molecule has 0 saturated heterocycles. The van der Waals surface area contributed by atoms with Crippen LogP contribution in [-0.4, -0.2) is 12.0 Å². The van der Waals surface area contributed by atoms with Crippen molar-refractivity contribution < 1.29 is 4.42 Å². The van der Waals surface area contributed by atoms with E-state index in [0.717, 1.165) is 18.0 Å². The number of rotatable bonds is 3. The van der Waals surface area contributed by atoms with E-state index in [1.807, 2.05) is 7.05 Å². The van der Waals surface area contributed by atoms with Crippen LogP contribution in [0, 0.1) is 5.41 Å². The summed E-state index contributed by atoms with van der Waals surface area (Å²) in [6, 6.07) is 0. The molecule has 1 atom stereocenters. The lowest BCUT2D eigenvalue weighted by Gasteiger charge is -2.01. The first kappa shape index (κ1) is 8.75. The Labute approximate surface area is 78.5 Å². The monoisotopic (exact) mass is 180 g/mol. The van der Waals surface area contributed by atoms with Crippen molar-refractivity contribution in [2.24, 2.45) is 5.41 Å². The van der Waals surface area contributed by atoms with E-state index >= 15 is 0 Å². The molecule has 0 amide bonds. The predicted molar refractivity (Wildman–Crippen MR) is 50.4 cm³/mol. The van der Waals surface area contributed by atoms with Gasteiger partial charge in [-0.05, 0) is 18.9 Å². The second-order valence-electron chi connectivity index (χ2n) is 4.44. The largest absolute Gasteiger partial charge is 0.448 e. The molecule has 0 spiro atoms. The van der Waals surface area contributed by atoms with E-state index in [4.69, 9.17) is 4.42 Å². The average molecular weight is 180 g/mol. The van der Waals surface area contributed by atoms with Crippen LogP contribution < -0.4 is 5.32 Å². The lowest BCUT2D eigenvalue weighted by molar-refractivity contribution is 0.473. The van der Waals surface area contributed by atoms with Gasteiger partial charge in [-0.3, -0.25) is 0 Å². The van der Waals surface area contributed by atoms with Gasteiger partial charge in [0.05, 0.1) is 5.69 Å². The summed E-state index contributed by atoms with van der Waals surface area (Å²) in [5, 5.41) is 3.10. The van der Waals surface area contributed by atoms with Crippen molar-refractivity contribution in [2.45, 2.75) is 32.7 Å². The highest BCUT2D eigenvalue weighted by molar-refractivity contribution is 5.23. The van der Waals surface area contributed by atoms with E-state index in [9.17, 15) is 0 Å². The van der Waals surface area contributed by atoms with Crippen molar-refractivity contribution in [1.29, 1.82) is 0 Å². The summed E-state index contributed by atoms with van der Waals surface area (Å²) < 4.78 is 5.43. The molecule has 1 aromatic heterocycles. The fraction of sp³-hybridized carbons (Fsp3) is 0.700. The predicted octanol–water partition coefficient (Wildman–Crippen LogP) is 1.91. The van der Waals surface area contributed by atoms with Gasteiger partial charge in [-0.1, -0.05) is 13.8 Å². The average Bonchev–Trinajstić information content (AvgIpc) is 2.52. The summed E-state index contributed by atoms with van der Waals surface area (Å²) in [6.45, 7) is 5.34. The molecular formula is C10H16N2O. The number of aromatic nitrogens is 1. The van der Waals surface area contributed by atoms with Crippen LogP contribution in [0.2, 0.25) is 0 Å². The van der Waals surface area contributed by atoms with E-state index in [0.29, 0.717) is 11.3 Å². The zero-order valence-corrected chi connectivity index (χ0v) is 8.42. The van der Waals surface area contributed by atoms with Crippen molar-refractivity contribution in [3.05, 3.63) is 17.8 Å². The van der Waals surface area contributed by atoms with Gasteiger partial charge in [0.15, 0.2) is 6.39 Å². The topological polar surface area (TPSA) is 38.1 Å². The summed E-state index contributed by atoms with van der Waals surface area (Å²) in [6.07, 6.45) is 2.77. The highest BCUT2D eigenvalue weighted by Gasteiger charge is 2.49. The van der Waals surface area contributed by atoms with Crippen LogP contribution in [0.1, 0.15) is 37.6 Å². The van der Waals surface area contributed by atoms with Gasteiger partial charge < -0.3 is 9.73 Å². The molecule has 2 rings (SSSR count). The minimum absolute atomic E-state index is 0.419. The SMILES string of the molecule is CNCc1ncoc1C1CC1(C)C. The van der Waals surface area contributed by atoms with Crippen molar-refractivity contribution in [3.63, 3.8) is 0 Å². The standard InChI is InChI=1S/C10H16N2O/c1-10(2)4-7(10)9-8(5-11-3)12-6-13-9/h6-7,11H,4-5H2,1-3H3. The van der Waals surface area contributed by atoms with E-state index in [-0.39, 0.29) is 0 Å². The first-order chi connectivity index (χ1) is 6.15. The number of oxazole rings is 1. The molecule has 1 saturated carbocycles. The minimum atomic E-state index is 0.419. The second-order valence-corrected chi connectivity index (χ2v) is 4.44. The molecule has 1 aliphatic carbocycles. The van der Waals surface area contributed by atoms with Gasteiger partial charge >= 0.3 is 0 Å². The fourth-order valence-corrected chi connectivity index (χ4v) is 1.78. The Balaban J connectivity index is 2.17. The van der Waals surface area contributed by atoms with Crippen LogP contribution in [0.25, 0.3) is 0 Å². The summed E-state index contributed by atoms with van der Waals surface area (Å²) in [5.74, 6) is 1.66. The van der Waals surface area contributed by atoms with Gasteiger partial charge in [0.25, 0.3) is 0 Å². The van der Waals surface area contributed by atoms with E-state index < -0.39 is 0 Å². The third-order valence-corrected chi connectivity index (χ3v) is 2.85. The third kappa shape index (κ3) is 1.48. The molecule has 13 heavy (non-hydrogen) atoms. The van der Waals surface area contributed by atoms with Crippen LogP contribution in [0.3, 0.4) is 0 Å². The van der Waals surface area contributed by atoms with E-state index in [1.165, 1.54) is 6.42 Å². The molecule has 1 fully saturated rings. The summed E-state index contributed by atoms with van der Waals surface area (Å²) in [7, 11) is 1.93. The van der Waals surface area contributed by atoms with Gasteiger partial charge in [0.1, 0.15) is 5.76 Å². The minimum Gasteiger partial charge on any atom is -0.448 e. The highest BCUT2D eigenvalue weighted by atomic mass is 16.3. The molecule has 1 heterocycles. The smallest absolute Gasteiger partial charge is 0.181 e. The maximum Gasteiger partial charge on any atom is 0.181 e. The summed E-state index contributed by atoms with van der Waals surface area (Å²) in [5.41, 5.74) is 1.49. The molecule has 1 aromatic rings. The van der Waals surface area contributed by atoms with Crippen molar-refractivity contribution in [2.75, 3.05) is 7.05 Å². The Hall–Kier alpha value is -0.830. The molecule has 0 aliphatic heterocycles. The normalized spacial score (nSPS) is 24.7. The zero-order chi connectivity index (χ0) is 9.47. The number of nitrogens with one attached hydrogen (secondary N) is 1. The van der Waals surface area contributed by atoms with Crippen LogP contribution >= 0.6 is 0 Å². The summed E-state index contributed by atoms with van der Waals surface area (Å²) >= 11 is 0. The fourth-order valence-electron chi connectivity index (χ4n) is 1.78. The van der Waals surface area contributed by atoms with Crippen molar-refractivity contribution >= 4 is 0 Å². The Morgan fingerprint density at radius 2 is 2.38 bits per heavy atom. The van der Waals surface area contributed by atoms with Gasteiger partial charge in [-0.2, -0.15) is 0 Å². The molecule has 3 heteroatoms. The molecule has 1 unspecified atom stereocenters. The maximum absolute atomic E-state index is 5.43. The van der Waals surface area contributed by atoms with Gasteiger partial charge in [0.2, 0.25) is 0 Å². The maximum atomic E-state index is 5.43. The van der Waals surface area contributed by atoms with Crippen LogP contribution in [-0.2, 0) is 6.54 Å². The molecule has 1 aliphatic rings. The molecule has 72 valence electrons. The molecular weight excluding hydrogens is 164 g/mol. The summed E-state index contributed by atoms with van der Waals surface area (Å²) in [4.78, 5) is 4.20. The lowest BCUT2D eigenvalue weighted by atomic mass is 10.1. The zero-order valence-electron chi connectivity index (χ0n) is 8.42. The van der Waals surface area contributed by atoms with E-state index in [1.54, 1.807) is 6.39 Å². The Kier molecular flexibility index (Phi) is 1.91. The lowest BCUT2D eigenvalue weighted by Crippen LogP contribution is -2.07. The van der Waals surface area contributed by atoms with Crippen LogP contribution in [0.15, 0.2) is 10.8 Å². The first-order valence-electron chi connectivity index (χ1n) is 4.72. The molecule has 3 nitrogen and oxygen atoms in total. The quantitative estimate of drug-likeness (QED) is 0.772. The Morgan fingerprint density at radius 1 is 1.69 bits per heavy atom. The molecule has 0 aromatic carbocycles. The Morgan fingerprint density at radius 3 is 2.92 bits per heavy atom. The number of hydrogen-bond acceptors (Lipinski definition) is 3. The number of nitrogens with zero attached hydrogens (tertiary/aromatic N) is 1. The molecule has 0 bridgehead atoms. The second kappa shape index (κ2) is 2.84. The van der Waals surface area contributed by atoms with Crippen molar-refractivity contribution in [3.8, 4) is 0 Å². The Bertz CT molecular complexity index is 304. The van der Waals surface area contributed by atoms with Gasteiger partial charge in [-0.15, -0.1) is 0 Å². The van der Waals surface area contributed by atoms with Crippen molar-refractivity contribution in [1.82, 2.24) is 10.3 Å². The van der Waals surface area contributed by atoms with E-state index in [2.05, 4.69) is 24.1 Å².